The summed E-state index contributed by atoms with van der Waals surface area (Å²) in [6.45, 7) is 2.17. The molecule has 2 aromatic rings. The van der Waals surface area contributed by atoms with Crippen LogP contribution in [-0.4, -0.2) is 23.4 Å². The molecule has 0 radical (unpaired) electrons. The minimum atomic E-state index is -4.31. The maximum atomic E-state index is 12.3. The van der Waals surface area contributed by atoms with Gasteiger partial charge in [-0.3, -0.25) is 4.79 Å². The number of hydrogen-bond acceptors (Lipinski definition) is 3. The largest absolute Gasteiger partial charge is 0.464 e. The first-order chi connectivity index (χ1) is 11.2. The van der Waals surface area contributed by atoms with Crippen LogP contribution in [0.4, 0.5) is 13.2 Å². The SMILES string of the molecule is Cc1ccc(CN(C)C(=O)/C=C/c2ccc(SC(F)(F)F)cc2)o1. The van der Waals surface area contributed by atoms with E-state index in [4.69, 9.17) is 4.42 Å². The summed E-state index contributed by atoms with van der Waals surface area (Å²) in [5.41, 5.74) is -3.66. The number of likely N-dealkylation sites (N-methyl/N-ethyl adjacent to an activating group) is 1. The third-order valence-electron chi connectivity index (χ3n) is 3.10. The third-order valence-corrected chi connectivity index (χ3v) is 3.84. The average molecular weight is 355 g/mol. The first-order valence-electron chi connectivity index (χ1n) is 7.07. The third kappa shape index (κ3) is 5.81. The number of carbonyl (C=O) groups excluding carboxylic acids is 1. The van der Waals surface area contributed by atoms with E-state index in [2.05, 4.69) is 0 Å². The van der Waals surface area contributed by atoms with Crippen LogP contribution in [0.5, 0.6) is 0 Å². The van der Waals surface area contributed by atoms with Crippen LogP contribution in [-0.2, 0) is 11.3 Å². The highest BCUT2D eigenvalue weighted by molar-refractivity contribution is 8.00. The number of halogens is 3. The van der Waals surface area contributed by atoms with E-state index in [0.717, 1.165) is 5.76 Å². The average Bonchev–Trinajstić information content (AvgIpc) is 2.89. The van der Waals surface area contributed by atoms with Gasteiger partial charge in [0.15, 0.2) is 0 Å². The predicted octanol–water partition coefficient (Wildman–Crippen LogP) is 4.87. The molecule has 0 spiro atoms. The molecule has 0 aliphatic rings. The molecule has 0 atom stereocenters. The summed E-state index contributed by atoms with van der Waals surface area (Å²) in [5, 5.41) is 0. The number of alkyl halides is 3. The van der Waals surface area contributed by atoms with Gasteiger partial charge in [-0.2, -0.15) is 13.2 Å². The van der Waals surface area contributed by atoms with E-state index < -0.39 is 5.51 Å². The molecule has 0 saturated carbocycles. The van der Waals surface area contributed by atoms with Gasteiger partial charge in [0.2, 0.25) is 5.91 Å². The molecule has 24 heavy (non-hydrogen) atoms. The Hall–Kier alpha value is -2.15. The van der Waals surface area contributed by atoms with Crippen LogP contribution in [0.25, 0.3) is 6.08 Å². The topological polar surface area (TPSA) is 33.5 Å². The summed E-state index contributed by atoms with van der Waals surface area (Å²) in [6, 6.07) is 9.45. The number of benzene rings is 1. The van der Waals surface area contributed by atoms with Crippen molar-refractivity contribution in [3.63, 3.8) is 0 Å². The van der Waals surface area contributed by atoms with Gasteiger partial charge < -0.3 is 9.32 Å². The summed E-state index contributed by atoms with van der Waals surface area (Å²) >= 11 is -0.168. The molecule has 0 aliphatic carbocycles. The first kappa shape index (κ1) is 18.2. The summed E-state index contributed by atoms with van der Waals surface area (Å²) in [5.74, 6) is 1.24. The number of aryl methyl sites for hydroxylation is 1. The highest BCUT2D eigenvalue weighted by Crippen LogP contribution is 2.36. The Morgan fingerprint density at radius 2 is 1.88 bits per heavy atom. The lowest BCUT2D eigenvalue weighted by atomic mass is 10.2. The van der Waals surface area contributed by atoms with Crippen molar-refractivity contribution < 1.29 is 22.4 Å². The molecular weight excluding hydrogens is 339 g/mol. The monoisotopic (exact) mass is 355 g/mol. The molecule has 1 aromatic heterocycles. The Bertz CT molecular complexity index is 720. The van der Waals surface area contributed by atoms with Crippen molar-refractivity contribution in [3.05, 3.63) is 59.6 Å². The van der Waals surface area contributed by atoms with E-state index >= 15 is 0 Å². The van der Waals surface area contributed by atoms with Crippen LogP contribution in [0.2, 0.25) is 0 Å². The predicted molar refractivity (Wildman–Crippen MR) is 87.3 cm³/mol. The maximum Gasteiger partial charge on any atom is 0.446 e. The highest BCUT2D eigenvalue weighted by Gasteiger charge is 2.28. The molecule has 2 rings (SSSR count). The molecule has 1 amide bonds. The van der Waals surface area contributed by atoms with Crippen LogP contribution in [0, 0.1) is 6.92 Å². The smallest absolute Gasteiger partial charge is 0.446 e. The van der Waals surface area contributed by atoms with Gasteiger partial charge in [-0.15, -0.1) is 0 Å². The molecule has 1 heterocycles. The summed E-state index contributed by atoms with van der Waals surface area (Å²) < 4.78 is 42.2. The maximum absolute atomic E-state index is 12.3. The van der Waals surface area contributed by atoms with Crippen LogP contribution < -0.4 is 0 Å². The zero-order valence-corrected chi connectivity index (χ0v) is 13.9. The second-order valence-corrected chi connectivity index (χ2v) is 6.30. The zero-order chi connectivity index (χ0) is 17.7. The Morgan fingerprint density at radius 1 is 1.21 bits per heavy atom. The van der Waals surface area contributed by atoms with Gasteiger partial charge in [0.25, 0.3) is 0 Å². The Kier molecular flexibility index (Phi) is 5.77. The molecule has 0 saturated heterocycles. The number of thioether (sulfide) groups is 1. The van der Waals surface area contributed by atoms with Gasteiger partial charge in [-0.25, -0.2) is 0 Å². The van der Waals surface area contributed by atoms with E-state index in [0.29, 0.717) is 17.9 Å². The lowest BCUT2D eigenvalue weighted by Crippen LogP contribution is -2.23. The lowest BCUT2D eigenvalue weighted by molar-refractivity contribution is -0.125. The van der Waals surface area contributed by atoms with Gasteiger partial charge in [0, 0.05) is 18.0 Å². The molecule has 0 unspecified atom stereocenters. The number of rotatable bonds is 5. The minimum absolute atomic E-state index is 0.108. The fourth-order valence-corrected chi connectivity index (χ4v) is 2.50. The van der Waals surface area contributed by atoms with Crippen molar-refractivity contribution in [2.45, 2.75) is 23.9 Å². The Balaban J connectivity index is 1.93. The van der Waals surface area contributed by atoms with E-state index in [1.807, 2.05) is 13.0 Å². The number of amides is 1. The van der Waals surface area contributed by atoms with Crippen LogP contribution >= 0.6 is 11.8 Å². The van der Waals surface area contributed by atoms with Gasteiger partial charge >= 0.3 is 5.51 Å². The first-order valence-corrected chi connectivity index (χ1v) is 7.89. The van der Waals surface area contributed by atoms with Crippen molar-refractivity contribution in [2.75, 3.05) is 7.05 Å². The fourth-order valence-electron chi connectivity index (χ4n) is 1.96. The van der Waals surface area contributed by atoms with E-state index in [1.54, 1.807) is 19.2 Å². The van der Waals surface area contributed by atoms with E-state index in [9.17, 15) is 18.0 Å². The van der Waals surface area contributed by atoms with Gasteiger partial charge in [0.1, 0.15) is 11.5 Å². The molecule has 0 fully saturated rings. The van der Waals surface area contributed by atoms with Crippen molar-refractivity contribution in [3.8, 4) is 0 Å². The molecule has 0 bridgehead atoms. The molecule has 0 N–H and O–H groups in total. The van der Waals surface area contributed by atoms with Crippen LogP contribution in [0.3, 0.4) is 0 Å². The number of nitrogens with zero attached hydrogens (tertiary/aromatic N) is 1. The summed E-state index contributed by atoms with van der Waals surface area (Å²) in [7, 11) is 1.65. The van der Waals surface area contributed by atoms with E-state index in [-0.39, 0.29) is 22.6 Å². The van der Waals surface area contributed by atoms with Gasteiger partial charge in [-0.1, -0.05) is 12.1 Å². The molecule has 3 nitrogen and oxygen atoms in total. The molecule has 128 valence electrons. The van der Waals surface area contributed by atoms with Crippen LogP contribution in [0.1, 0.15) is 17.1 Å². The number of hydrogen-bond donors (Lipinski definition) is 0. The second-order valence-electron chi connectivity index (χ2n) is 5.16. The van der Waals surface area contributed by atoms with Crippen molar-refractivity contribution in [1.82, 2.24) is 4.90 Å². The molecule has 1 aromatic carbocycles. The quantitative estimate of drug-likeness (QED) is 0.567. The highest BCUT2D eigenvalue weighted by atomic mass is 32.2. The summed E-state index contributed by atoms with van der Waals surface area (Å²) in [4.78, 5) is 13.6. The fraction of sp³-hybridized carbons (Fsp3) is 0.235. The molecule has 7 heteroatoms. The standard InChI is InChI=1S/C17H16F3NO2S/c1-12-3-7-14(23-12)11-21(2)16(22)10-6-13-4-8-15(9-5-13)24-17(18,19)20/h3-10H,11H2,1-2H3/b10-6+. The lowest BCUT2D eigenvalue weighted by Gasteiger charge is -2.13. The molecular formula is C17H16F3NO2S. The van der Waals surface area contributed by atoms with E-state index in [1.165, 1.54) is 35.2 Å². The Morgan fingerprint density at radius 3 is 2.42 bits per heavy atom. The van der Waals surface area contributed by atoms with Crippen molar-refractivity contribution in [2.24, 2.45) is 0 Å². The minimum Gasteiger partial charge on any atom is -0.464 e. The van der Waals surface area contributed by atoms with Crippen molar-refractivity contribution >= 4 is 23.7 Å². The zero-order valence-electron chi connectivity index (χ0n) is 13.1. The van der Waals surface area contributed by atoms with Gasteiger partial charge in [-0.05, 0) is 54.6 Å². The van der Waals surface area contributed by atoms with Crippen molar-refractivity contribution in [1.29, 1.82) is 0 Å². The summed E-state index contributed by atoms with van der Waals surface area (Å²) in [6.07, 6.45) is 2.94. The second kappa shape index (κ2) is 7.61. The van der Waals surface area contributed by atoms with Crippen LogP contribution in [0.15, 0.2) is 51.8 Å². The Labute approximate surface area is 142 Å². The molecule has 0 aliphatic heterocycles. The number of furan rings is 1. The van der Waals surface area contributed by atoms with Gasteiger partial charge in [0.05, 0.1) is 6.54 Å². The number of carbonyl (C=O) groups is 1. The normalized spacial score (nSPS) is 11.9.